The zero-order chi connectivity index (χ0) is 19.3. The summed E-state index contributed by atoms with van der Waals surface area (Å²) in [6.07, 6.45) is 0. The predicted molar refractivity (Wildman–Crippen MR) is 98.1 cm³/mol. The Kier molecular flexibility index (Phi) is 6.23. The van der Waals surface area contributed by atoms with Gasteiger partial charge in [0.1, 0.15) is 11.5 Å². The number of benzene rings is 2. The largest absolute Gasteiger partial charge is 0.497 e. The Hall–Kier alpha value is -2.58. The van der Waals surface area contributed by atoms with Gasteiger partial charge in [-0.25, -0.2) is 13.1 Å². The molecule has 2 rings (SSSR count). The van der Waals surface area contributed by atoms with Crippen molar-refractivity contribution in [3.8, 4) is 11.5 Å². The molecular formula is C18H22N2O5S. The average molecular weight is 378 g/mol. The summed E-state index contributed by atoms with van der Waals surface area (Å²) in [6, 6.07) is 10.8. The van der Waals surface area contributed by atoms with Crippen molar-refractivity contribution in [3.05, 3.63) is 53.6 Å². The van der Waals surface area contributed by atoms with Gasteiger partial charge in [-0.2, -0.15) is 0 Å². The molecular weight excluding hydrogens is 356 g/mol. The molecule has 1 amide bonds. The summed E-state index contributed by atoms with van der Waals surface area (Å²) < 4.78 is 38.2. The van der Waals surface area contributed by atoms with E-state index in [0.717, 1.165) is 5.56 Å². The molecule has 2 aromatic carbocycles. The molecule has 0 fully saturated rings. The number of ether oxygens (including phenoxy) is 2. The number of hydrogen-bond donors (Lipinski definition) is 2. The van der Waals surface area contributed by atoms with Crippen LogP contribution in [0, 0.1) is 0 Å². The van der Waals surface area contributed by atoms with Crippen LogP contribution in [0.15, 0.2) is 47.4 Å². The summed E-state index contributed by atoms with van der Waals surface area (Å²) in [7, 11) is 0.617. The molecule has 0 saturated heterocycles. The predicted octanol–water partition coefficient (Wildman–Crippen LogP) is 2.10. The standard InChI is InChI=1S/C18H22N2O5S/c1-12(13-5-7-14(24-3)8-6-13)20-26(22,23)15-9-10-17(25-4)16(11-15)18(21)19-2/h5-12,20H,1-4H3,(H,19,21). The van der Waals surface area contributed by atoms with E-state index in [1.807, 2.05) is 0 Å². The minimum absolute atomic E-state index is 0.0164. The van der Waals surface area contributed by atoms with Gasteiger partial charge in [-0.1, -0.05) is 12.1 Å². The molecule has 2 N–H and O–H groups in total. The van der Waals surface area contributed by atoms with E-state index in [9.17, 15) is 13.2 Å². The number of sulfonamides is 1. The van der Waals surface area contributed by atoms with Gasteiger partial charge in [-0.3, -0.25) is 4.79 Å². The van der Waals surface area contributed by atoms with E-state index in [0.29, 0.717) is 11.5 Å². The Morgan fingerprint density at radius 3 is 2.23 bits per heavy atom. The van der Waals surface area contributed by atoms with Crippen LogP contribution < -0.4 is 19.5 Å². The minimum atomic E-state index is -3.83. The summed E-state index contributed by atoms with van der Waals surface area (Å²) >= 11 is 0. The van der Waals surface area contributed by atoms with E-state index in [2.05, 4.69) is 10.0 Å². The van der Waals surface area contributed by atoms with Crippen LogP contribution in [0.2, 0.25) is 0 Å². The van der Waals surface area contributed by atoms with Gasteiger partial charge in [0, 0.05) is 13.1 Å². The van der Waals surface area contributed by atoms with E-state index in [4.69, 9.17) is 9.47 Å². The molecule has 0 aliphatic rings. The first kappa shape index (κ1) is 19.7. The van der Waals surface area contributed by atoms with Gasteiger partial charge in [0.15, 0.2) is 0 Å². The van der Waals surface area contributed by atoms with E-state index >= 15 is 0 Å². The molecule has 1 atom stereocenters. The van der Waals surface area contributed by atoms with Crippen molar-refractivity contribution in [1.82, 2.24) is 10.0 Å². The van der Waals surface area contributed by atoms with Crippen LogP contribution in [0.3, 0.4) is 0 Å². The molecule has 0 saturated carbocycles. The number of hydrogen-bond acceptors (Lipinski definition) is 5. The van der Waals surface area contributed by atoms with Crippen LogP contribution in [0.25, 0.3) is 0 Å². The summed E-state index contributed by atoms with van der Waals surface area (Å²) in [5, 5.41) is 2.47. The first-order valence-electron chi connectivity index (χ1n) is 7.88. The second-order valence-electron chi connectivity index (χ2n) is 5.56. The highest BCUT2D eigenvalue weighted by Crippen LogP contribution is 2.24. The summed E-state index contributed by atoms with van der Waals surface area (Å²) in [5.74, 6) is 0.558. The van der Waals surface area contributed by atoms with Gasteiger partial charge in [0.25, 0.3) is 5.91 Å². The third-order valence-electron chi connectivity index (χ3n) is 3.90. The number of rotatable bonds is 7. The van der Waals surface area contributed by atoms with Crippen LogP contribution in [0.5, 0.6) is 11.5 Å². The maximum absolute atomic E-state index is 12.7. The van der Waals surface area contributed by atoms with Gasteiger partial charge >= 0.3 is 0 Å². The lowest BCUT2D eigenvalue weighted by atomic mass is 10.1. The molecule has 140 valence electrons. The molecule has 2 aromatic rings. The van der Waals surface area contributed by atoms with Gasteiger partial charge in [0.2, 0.25) is 10.0 Å². The van der Waals surface area contributed by atoms with Crippen molar-refractivity contribution in [1.29, 1.82) is 0 Å². The van der Waals surface area contributed by atoms with E-state index in [-0.39, 0.29) is 10.5 Å². The van der Waals surface area contributed by atoms with Crippen LogP contribution >= 0.6 is 0 Å². The third-order valence-corrected chi connectivity index (χ3v) is 5.44. The lowest BCUT2D eigenvalue weighted by molar-refractivity contribution is 0.0960. The lowest BCUT2D eigenvalue weighted by Gasteiger charge is -2.16. The fraction of sp³-hybridized carbons (Fsp3) is 0.278. The monoisotopic (exact) mass is 378 g/mol. The normalized spacial score (nSPS) is 12.3. The van der Waals surface area contributed by atoms with E-state index in [1.165, 1.54) is 32.4 Å². The van der Waals surface area contributed by atoms with Gasteiger partial charge in [-0.15, -0.1) is 0 Å². The van der Waals surface area contributed by atoms with E-state index < -0.39 is 22.0 Å². The second kappa shape index (κ2) is 8.20. The first-order chi connectivity index (χ1) is 12.3. The molecule has 26 heavy (non-hydrogen) atoms. The summed E-state index contributed by atoms with van der Waals surface area (Å²) in [4.78, 5) is 11.9. The number of nitrogens with one attached hydrogen (secondary N) is 2. The average Bonchev–Trinajstić information content (AvgIpc) is 2.66. The van der Waals surface area contributed by atoms with Crippen molar-refractivity contribution in [2.24, 2.45) is 0 Å². The molecule has 0 spiro atoms. The number of amides is 1. The van der Waals surface area contributed by atoms with Crippen LogP contribution in [-0.4, -0.2) is 35.6 Å². The van der Waals surface area contributed by atoms with Crippen LogP contribution in [0.1, 0.15) is 28.9 Å². The zero-order valence-corrected chi connectivity index (χ0v) is 15.9. The number of methoxy groups -OCH3 is 2. The molecule has 0 bridgehead atoms. The molecule has 0 radical (unpaired) electrons. The smallest absolute Gasteiger partial charge is 0.254 e. The molecule has 1 unspecified atom stereocenters. The Bertz CT molecular complexity index is 879. The maximum Gasteiger partial charge on any atom is 0.254 e. The van der Waals surface area contributed by atoms with Crippen molar-refractivity contribution in [2.75, 3.05) is 21.3 Å². The van der Waals surface area contributed by atoms with Gasteiger partial charge < -0.3 is 14.8 Å². The minimum Gasteiger partial charge on any atom is -0.497 e. The Balaban J connectivity index is 2.30. The second-order valence-corrected chi connectivity index (χ2v) is 7.27. The SMILES string of the molecule is CNC(=O)c1cc(S(=O)(=O)NC(C)c2ccc(OC)cc2)ccc1OC. The van der Waals surface area contributed by atoms with Crippen molar-refractivity contribution in [3.63, 3.8) is 0 Å². The van der Waals surface area contributed by atoms with Crippen molar-refractivity contribution in [2.45, 2.75) is 17.9 Å². The Morgan fingerprint density at radius 1 is 1.04 bits per heavy atom. The quantitative estimate of drug-likeness (QED) is 0.770. The van der Waals surface area contributed by atoms with Gasteiger partial charge in [0.05, 0.1) is 24.7 Å². The zero-order valence-electron chi connectivity index (χ0n) is 15.1. The van der Waals surface area contributed by atoms with Crippen LogP contribution in [-0.2, 0) is 10.0 Å². The summed E-state index contributed by atoms with van der Waals surface area (Å²) in [5.41, 5.74) is 0.935. The first-order valence-corrected chi connectivity index (χ1v) is 9.37. The Morgan fingerprint density at radius 2 is 1.69 bits per heavy atom. The van der Waals surface area contributed by atoms with Crippen molar-refractivity contribution >= 4 is 15.9 Å². The highest BCUT2D eigenvalue weighted by atomic mass is 32.2. The number of carbonyl (C=O) groups is 1. The summed E-state index contributed by atoms with van der Waals surface area (Å²) in [6.45, 7) is 1.74. The molecule has 0 heterocycles. The molecule has 8 heteroatoms. The number of carbonyl (C=O) groups excluding carboxylic acids is 1. The van der Waals surface area contributed by atoms with Crippen molar-refractivity contribution < 1.29 is 22.7 Å². The molecule has 0 aliphatic carbocycles. The highest BCUT2D eigenvalue weighted by Gasteiger charge is 2.21. The van der Waals surface area contributed by atoms with Crippen LogP contribution in [0.4, 0.5) is 0 Å². The molecule has 0 aromatic heterocycles. The fourth-order valence-electron chi connectivity index (χ4n) is 2.43. The van der Waals surface area contributed by atoms with E-state index in [1.54, 1.807) is 38.3 Å². The molecule has 7 nitrogen and oxygen atoms in total. The topological polar surface area (TPSA) is 93.7 Å². The maximum atomic E-state index is 12.7. The highest BCUT2D eigenvalue weighted by molar-refractivity contribution is 7.89. The Labute approximate surface area is 153 Å². The third kappa shape index (κ3) is 4.33. The fourth-order valence-corrected chi connectivity index (χ4v) is 3.69. The lowest BCUT2D eigenvalue weighted by Crippen LogP contribution is -2.27. The van der Waals surface area contributed by atoms with Gasteiger partial charge in [-0.05, 0) is 42.8 Å². The molecule has 0 aliphatic heterocycles.